The number of amides is 1. The Kier molecular flexibility index (Phi) is 7.01. The molecule has 0 radical (unpaired) electrons. The molecule has 2 aromatic rings. The van der Waals surface area contributed by atoms with Gasteiger partial charge in [-0.25, -0.2) is 0 Å². The van der Waals surface area contributed by atoms with E-state index >= 15 is 0 Å². The number of thiophene rings is 1. The molecule has 5 nitrogen and oxygen atoms in total. The minimum absolute atomic E-state index is 0.0172. The first-order chi connectivity index (χ1) is 12.0. The molecule has 0 saturated carbocycles. The quantitative estimate of drug-likeness (QED) is 0.638. The van der Waals surface area contributed by atoms with E-state index in [0.717, 1.165) is 24.5 Å². The Morgan fingerprint density at radius 3 is 2.44 bits per heavy atom. The van der Waals surface area contributed by atoms with Crippen LogP contribution in [0.2, 0.25) is 0 Å². The second-order valence-corrected chi connectivity index (χ2v) is 7.08. The van der Waals surface area contributed by atoms with Crippen molar-refractivity contribution < 1.29 is 4.79 Å². The van der Waals surface area contributed by atoms with Crippen molar-refractivity contribution in [2.75, 3.05) is 34.7 Å². The first-order valence-corrected chi connectivity index (χ1v) is 9.14. The van der Waals surface area contributed by atoms with Gasteiger partial charge in [0.25, 0.3) is 5.91 Å². The maximum atomic E-state index is 11.9. The molecule has 2 rings (SSSR count). The number of hydrogen-bond acceptors (Lipinski definition) is 3. The van der Waals surface area contributed by atoms with Crippen LogP contribution in [0.15, 0.2) is 46.8 Å². The maximum absolute atomic E-state index is 11.9. The molecule has 0 unspecified atom stereocenters. The Morgan fingerprint density at radius 2 is 1.88 bits per heavy atom. The van der Waals surface area contributed by atoms with Gasteiger partial charge >= 0.3 is 0 Å². The molecule has 1 aromatic carbocycles. The lowest BCUT2D eigenvalue weighted by Crippen LogP contribution is -2.39. The van der Waals surface area contributed by atoms with Gasteiger partial charge in [0.2, 0.25) is 0 Å². The van der Waals surface area contributed by atoms with Crippen molar-refractivity contribution in [3.63, 3.8) is 0 Å². The Bertz CT molecular complexity index is 693. The van der Waals surface area contributed by atoms with Crippen molar-refractivity contribution >= 4 is 23.2 Å². The monoisotopic (exact) mass is 358 g/mol. The van der Waals surface area contributed by atoms with E-state index in [-0.39, 0.29) is 5.91 Å². The van der Waals surface area contributed by atoms with Crippen molar-refractivity contribution in [3.8, 4) is 0 Å². The zero-order valence-electron chi connectivity index (χ0n) is 15.3. The minimum atomic E-state index is 0.0172. The van der Waals surface area contributed by atoms with E-state index in [1.54, 1.807) is 37.4 Å². The number of nitrogens with one attached hydrogen (secondary N) is 1. The summed E-state index contributed by atoms with van der Waals surface area (Å²) in [5.41, 5.74) is 1.81. The summed E-state index contributed by atoms with van der Waals surface area (Å²) in [6, 6.07) is 11.9. The summed E-state index contributed by atoms with van der Waals surface area (Å²) in [7, 11) is 7.35. The number of carbonyl (C=O) groups is 1. The van der Waals surface area contributed by atoms with E-state index in [2.05, 4.69) is 32.7 Å². The van der Waals surface area contributed by atoms with Crippen LogP contribution in [0, 0.1) is 0 Å². The number of hydrogen-bond donors (Lipinski definition) is 1. The summed E-state index contributed by atoms with van der Waals surface area (Å²) in [4.78, 5) is 21.3. The maximum Gasteiger partial charge on any atom is 0.253 e. The van der Waals surface area contributed by atoms with E-state index in [1.807, 2.05) is 31.3 Å². The third kappa shape index (κ3) is 5.60. The molecule has 0 atom stereocenters. The van der Waals surface area contributed by atoms with Gasteiger partial charge in [0.05, 0.1) is 0 Å². The molecule has 0 aliphatic carbocycles. The normalized spacial score (nSPS) is 11.3. The number of guanidine groups is 1. The van der Waals surface area contributed by atoms with Crippen LogP contribution < -0.4 is 5.32 Å². The van der Waals surface area contributed by atoms with Gasteiger partial charge in [-0.3, -0.25) is 9.79 Å². The van der Waals surface area contributed by atoms with E-state index < -0.39 is 0 Å². The Balaban J connectivity index is 1.86. The molecule has 0 aliphatic heterocycles. The van der Waals surface area contributed by atoms with Crippen molar-refractivity contribution in [2.24, 2.45) is 4.99 Å². The average molecular weight is 359 g/mol. The second kappa shape index (κ2) is 9.22. The highest BCUT2D eigenvalue weighted by atomic mass is 32.1. The summed E-state index contributed by atoms with van der Waals surface area (Å²) in [6.45, 7) is 1.59. The summed E-state index contributed by atoms with van der Waals surface area (Å²) < 4.78 is 0. The highest BCUT2D eigenvalue weighted by Crippen LogP contribution is 2.10. The van der Waals surface area contributed by atoms with Gasteiger partial charge in [0.1, 0.15) is 0 Å². The molecule has 0 spiro atoms. The van der Waals surface area contributed by atoms with E-state index in [0.29, 0.717) is 12.1 Å². The highest BCUT2D eigenvalue weighted by molar-refractivity contribution is 7.09. The lowest BCUT2D eigenvalue weighted by Gasteiger charge is -2.22. The number of likely N-dealkylation sites (N-methyl/N-ethyl adjacent to an activating group) is 1. The van der Waals surface area contributed by atoms with E-state index in [1.165, 1.54) is 4.88 Å². The molecule has 1 amide bonds. The molecule has 1 N–H and O–H groups in total. The van der Waals surface area contributed by atoms with Crippen LogP contribution >= 0.6 is 11.3 Å². The van der Waals surface area contributed by atoms with Gasteiger partial charge in [-0.05, 0) is 35.6 Å². The fourth-order valence-electron chi connectivity index (χ4n) is 2.43. The molecule has 0 bridgehead atoms. The van der Waals surface area contributed by atoms with Crippen LogP contribution in [0.1, 0.15) is 20.8 Å². The van der Waals surface area contributed by atoms with Crippen LogP contribution in [0.25, 0.3) is 0 Å². The third-order valence-corrected chi connectivity index (χ3v) is 4.84. The van der Waals surface area contributed by atoms with E-state index in [4.69, 9.17) is 0 Å². The lowest BCUT2D eigenvalue weighted by atomic mass is 10.1. The van der Waals surface area contributed by atoms with Gasteiger partial charge in [0, 0.05) is 51.7 Å². The molecule has 1 heterocycles. The molecule has 0 saturated heterocycles. The zero-order chi connectivity index (χ0) is 18.2. The molecule has 25 heavy (non-hydrogen) atoms. The molecule has 134 valence electrons. The van der Waals surface area contributed by atoms with Crippen molar-refractivity contribution in [2.45, 2.75) is 13.0 Å². The van der Waals surface area contributed by atoms with Crippen LogP contribution in [-0.2, 0) is 13.0 Å². The topological polar surface area (TPSA) is 47.9 Å². The fourth-order valence-corrected chi connectivity index (χ4v) is 3.13. The average Bonchev–Trinajstić information content (AvgIpc) is 3.13. The van der Waals surface area contributed by atoms with Crippen molar-refractivity contribution in [1.82, 2.24) is 15.1 Å². The van der Waals surface area contributed by atoms with Gasteiger partial charge in [0.15, 0.2) is 5.96 Å². The Hall–Kier alpha value is -2.34. The number of carbonyl (C=O) groups excluding carboxylic acids is 1. The summed E-state index contributed by atoms with van der Waals surface area (Å²) in [6.07, 6.45) is 1.01. The summed E-state index contributed by atoms with van der Waals surface area (Å²) in [5, 5.41) is 5.48. The lowest BCUT2D eigenvalue weighted by molar-refractivity contribution is 0.0827. The predicted molar refractivity (Wildman–Crippen MR) is 105 cm³/mol. The van der Waals surface area contributed by atoms with Gasteiger partial charge < -0.3 is 15.1 Å². The van der Waals surface area contributed by atoms with Crippen LogP contribution in [0.4, 0.5) is 0 Å². The largest absolute Gasteiger partial charge is 0.352 e. The fraction of sp³-hybridized carbons (Fsp3) is 0.368. The summed E-state index contributed by atoms with van der Waals surface area (Å²) in [5.74, 6) is 0.883. The first-order valence-electron chi connectivity index (χ1n) is 8.26. The van der Waals surface area contributed by atoms with Crippen LogP contribution in [0.5, 0.6) is 0 Å². The standard InChI is InChI=1S/C19H26N4OS/c1-20-19(23(4)12-11-17-6-5-13-25-17)21-14-15-7-9-16(10-8-15)18(24)22(2)3/h5-10,13H,11-12,14H2,1-4H3,(H,20,21). The van der Waals surface area contributed by atoms with Crippen molar-refractivity contribution in [1.29, 1.82) is 0 Å². The molecule has 6 heteroatoms. The number of nitrogens with zero attached hydrogens (tertiary/aromatic N) is 3. The third-order valence-electron chi connectivity index (χ3n) is 3.90. The Morgan fingerprint density at radius 1 is 1.16 bits per heavy atom. The molecular weight excluding hydrogens is 332 g/mol. The predicted octanol–water partition coefficient (Wildman–Crippen LogP) is 2.70. The molecular formula is C19H26N4OS. The van der Waals surface area contributed by atoms with Crippen LogP contribution in [0.3, 0.4) is 0 Å². The number of benzene rings is 1. The second-order valence-electron chi connectivity index (χ2n) is 6.05. The molecule has 0 fully saturated rings. The number of aliphatic imine (C=N–C) groups is 1. The first kappa shape index (κ1) is 19.0. The van der Waals surface area contributed by atoms with Crippen LogP contribution in [-0.4, -0.2) is 56.4 Å². The molecule has 1 aromatic heterocycles. The minimum Gasteiger partial charge on any atom is -0.352 e. The molecule has 0 aliphatic rings. The Labute approximate surface area is 154 Å². The highest BCUT2D eigenvalue weighted by Gasteiger charge is 2.09. The van der Waals surface area contributed by atoms with Gasteiger partial charge in [-0.2, -0.15) is 0 Å². The SMILES string of the molecule is CN=C(NCc1ccc(C(=O)N(C)C)cc1)N(C)CCc1cccs1. The summed E-state index contributed by atoms with van der Waals surface area (Å²) >= 11 is 1.78. The number of rotatable bonds is 6. The smallest absolute Gasteiger partial charge is 0.253 e. The van der Waals surface area contributed by atoms with Crippen molar-refractivity contribution in [3.05, 3.63) is 57.8 Å². The van der Waals surface area contributed by atoms with E-state index in [9.17, 15) is 4.79 Å². The zero-order valence-corrected chi connectivity index (χ0v) is 16.1. The van der Waals surface area contributed by atoms with Gasteiger partial charge in [-0.15, -0.1) is 11.3 Å². The van der Waals surface area contributed by atoms with Gasteiger partial charge in [-0.1, -0.05) is 18.2 Å².